The lowest BCUT2D eigenvalue weighted by Gasteiger charge is -2.02. The minimum absolute atomic E-state index is 1.15. The molecule has 0 unspecified atom stereocenters. The summed E-state index contributed by atoms with van der Waals surface area (Å²) in [7, 11) is 0. The average Bonchev–Trinajstić information content (AvgIpc) is 2.56. The lowest BCUT2D eigenvalue weighted by molar-refractivity contribution is 0.563. The first kappa shape index (κ1) is 19.4. The molecular formula is C21H34S. The molecule has 0 aromatic heterocycles. The maximum Gasteiger partial charge on any atom is 0.0116 e. The fourth-order valence-electron chi connectivity index (χ4n) is 2.59. The van der Waals surface area contributed by atoms with Crippen molar-refractivity contribution in [1.29, 1.82) is 0 Å². The molecular weight excluding hydrogens is 284 g/mol. The van der Waals surface area contributed by atoms with E-state index in [9.17, 15) is 0 Å². The van der Waals surface area contributed by atoms with Crippen LogP contribution in [0.2, 0.25) is 0 Å². The number of hydrogen-bond acceptors (Lipinski definition) is 1. The van der Waals surface area contributed by atoms with E-state index in [1.165, 1.54) is 75.5 Å². The molecule has 0 heterocycles. The highest BCUT2D eigenvalue weighted by Gasteiger charge is 1.93. The van der Waals surface area contributed by atoms with Crippen LogP contribution in [0.25, 0.3) is 6.08 Å². The monoisotopic (exact) mass is 318 g/mol. The first-order valence-corrected chi connectivity index (χ1v) is 10.4. The molecule has 0 saturated carbocycles. The number of hydrogen-bond donors (Lipinski definition) is 0. The lowest BCUT2D eigenvalue weighted by atomic mass is 10.1. The van der Waals surface area contributed by atoms with Crippen LogP contribution in [-0.2, 0) is 0 Å². The molecule has 0 atom stereocenters. The van der Waals surface area contributed by atoms with Crippen molar-refractivity contribution in [1.82, 2.24) is 0 Å². The van der Waals surface area contributed by atoms with Crippen molar-refractivity contribution in [3.63, 3.8) is 0 Å². The van der Waals surface area contributed by atoms with Crippen molar-refractivity contribution in [3.8, 4) is 0 Å². The van der Waals surface area contributed by atoms with Crippen molar-refractivity contribution < 1.29 is 0 Å². The summed E-state index contributed by atoms with van der Waals surface area (Å²) >= 11 is 2.06. The van der Waals surface area contributed by atoms with Gasteiger partial charge in [0.15, 0.2) is 0 Å². The van der Waals surface area contributed by atoms with Gasteiger partial charge in [-0.25, -0.2) is 0 Å². The van der Waals surface area contributed by atoms with E-state index in [4.69, 9.17) is 0 Å². The van der Waals surface area contributed by atoms with Gasteiger partial charge in [-0.15, -0.1) is 0 Å². The minimum Gasteiger partial charge on any atom is -0.158 e. The van der Waals surface area contributed by atoms with Gasteiger partial charge in [-0.3, -0.25) is 0 Å². The highest BCUT2D eigenvalue weighted by atomic mass is 32.2. The van der Waals surface area contributed by atoms with Gasteiger partial charge in [0.25, 0.3) is 0 Å². The second-order valence-electron chi connectivity index (χ2n) is 6.07. The predicted molar refractivity (Wildman–Crippen MR) is 105 cm³/mol. The Morgan fingerprint density at radius 3 is 2.00 bits per heavy atom. The summed E-state index contributed by atoms with van der Waals surface area (Å²) in [4.78, 5) is 0. The number of benzene rings is 1. The minimum atomic E-state index is 1.15. The summed E-state index contributed by atoms with van der Waals surface area (Å²) in [6.07, 6.45) is 18.8. The Morgan fingerprint density at radius 2 is 1.36 bits per heavy atom. The molecule has 1 aromatic carbocycles. The van der Waals surface area contributed by atoms with E-state index in [1.807, 2.05) is 0 Å². The second kappa shape index (κ2) is 15.2. The Kier molecular flexibility index (Phi) is 13.4. The average molecular weight is 319 g/mol. The van der Waals surface area contributed by atoms with Crippen LogP contribution in [0.5, 0.6) is 0 Å². The Labute approximate surface area is 142 Å². The summed E-state index contributed by atoms with van der Waals surface area (Å²) in [6, 6.07) is 10.6. The SMILES string of the molecule is CCCCCCCCCCCCSC/C=C/c1ccccc1. The van der Waals surface area contributed by atoms with E-state index in [1.54, 1.807) is 0 Å². The standard InChI is InChI=1S/C21H34S/c1-2-3-4-5-6-7-8-9-10-14-19-22-20-15-18-21-16-12-11-13-17-21/h11-13,15-18H,2-10,14,19-20H2,1H3/b18-15+. The molecule has 0 bridgehead atoms. The maximum atomic E-state index is 2.29. The van der Waals surface area contributed by atoms with Gasteiger partial charge >= 0.3 is 0 Å². The van der Waals surface area contributed by atoms with Gasteiger partial charge in [-0.1, -0.05) is 107 Å². The molecule has 0 radical (unpaired) electrons. The van der Waals surface area contributed by atoms with Crippen molar-refractivity contribution >= 4 is 17.8 Å². The quantitative estimate of drug-likeness (QED) is 0.323. The summed E-state index contributed by atoms with van der Waals surface area (Å²) in [5.74, 6) is 2.46. The molecule has 0 aliphatic rings. The summed E-state index contributed by atoms with van der Waals surface area (Å²) in [5.41, 5.74) is 1.31. The molecule has 0 nitrogen and oxygen atoms in total. The smallest absolute Gasteiger partial charge is 0.0116 e. The molecule has 0 fully saturated rings. The van der Waals surface area contributed by atoms with Gasteiger partial charge < -0.3 is 0 Å². The first-order valence-electron chi connectivity index (χ1n) is 9.23. The number of unbranched alkanes of at least 4 members (excludes halogenated alkanes) is 9. The van der Waals surface area contributed by atoms with E-state index >= 15 is 0 Å². The van der Waals surface area contributed by atoms with Crippen LogP contribution in [0.3, 0.4) is 0 Å². The number of thioether (sulfide) groups is 1. The van der Waals surface area contributed by atoms with E-state index < -0.39 is 0 Å². The molecule has 0 amide bonds. The summed E-state index contributed by atoms with van der Waals surface area (Å²) in [6.45, 7) is 2.29. The largest absolute Gasteiger partial charge is 0.158 e. The molecule has 22 heavy (non-hydrogen) atoms. The fraction of sp³-hybridized carbons (Fsp3) is 0.619. The van der Waals surface area contributed by atoms with Crippen LogP contribution in [-0.4, -0.2) is 11.5 Å². The Balaban J connectivity index is 1.79. The second-order valence-corrected chi connectivity index (χ2v) is 7.22. The molecule has 0 spiro atoms. The van der Waals surface area contributed by atoms with Crippen molar-refractivity contribution in [2.45, 2.75) is 71.1 Å². The van der Waals surface area contributed by atoms with Gasteiger partial charge in [0.2, 0.25) is 0 Å². The molecule has 1 aromatic rings. The zero-order valence-corrected chi connectivity index (χ0v) is 15.3. The zero-order chi connectivity index (χ0) is 15.7. The van der Waals surface area contributed by atoms with Crippen LogP contribution in [0.15, 0.2) is 36.4 Å². The van der Waals surface area contributed by atoms with Gasteiger partial charge in [-0.2, -0.15) is 11.8 Å². The van der Waals surface area contributed by atoms with Gasteiger partial charge in [0.05, 0.1) is 0 Å². The van der Waals surface area contributed by atoms with Crippen LogP contribution in [0.1, 0.15) is 76.7 Å². The zero-order valence-electron chi connectivity index (χ0n) is 14.4. The molecule has 0 aliphatic heterocycles. The van der Waals surface area contributed by atoms with E-state index in [-0.39, 0.29) is 0 Å². The van der Waals surface area contributed by atoms with Crippen LogP contribution in [0, 0.1) is 0 Å². The Morgan fingerprint density at radius 1 is 0.773 bits per heavy atom. The van der Waals surface area contributed by atoms with Crippen molar-refractivity contribution in [2.24, 2.45) is 0 Å². The molecule has 0 saturated heterocycles. The highest BCUT2D eigenvalue weighted by molar-refractivity contribution is 7.99. The highest BCUT2D eigenvalue weighted by Crippen LogP contribution is 2.12. The third kappa shape index (κ3) is 11.9. The van der Waals surface area contributed by atoms with Gasteiger partial charge in [-0.05, 0) is 17.7 Å². The number of rotatable bonds is 14. The molecule has 0 aliphatic carbocycles. The van der Waals surface area contributed by atoms with E-state index in [0.717, 1.165) is 5.75 Å². The Bertz CT molecular complexity index is 355. The first-order chi connectivity index (χ1) is 10.9. The van der Waals surface area contributed by atoms with Crippen molar-refractivity contribution in [3.05, 3.63) is 42.0 Å². The van der Waals surface area contributed by atoms with Gasteiger partial charge in [0.1, 0.15) is 0 Å². The molecule has 0 N–H and O–H groups in total. The third-order valence-electron chi connectivity index (χ3n) is 3.97. The molecule has 1 heteroatoms. The maximum absolute atomic E-state index is 2.29. The van der Waals surface area contributed by atoms with E-state index in [0.29, 0.717) is 0 Å². The van der Waals surface area contributed by atoms with Crippen molar-refractivity contribution in [2.75, 3.05) is 11.5 Å². The van der Waals surface area contributed by atoms with Crippen LogP contribution < -0.4 is 0 Å². The normalized spacial score (nSPS) is 11.3. The third-order valence-corrected chi connectivity index (χ3v) is 4.97. The Hall–Kier alpha value is -0.690. The lowest BCUT2D eigenvalue weighted by Crippen LogP contribution is -1.84. The fourth-order valence-corrected chi connectivity index (χ4v) is 3.40. The molecule has 124 valence electrons. The van der Waals surface area contributed by atoms with Crippen LogP contribution >= 0.6 is 11.8 Å². The summed E-state index contributed by atoms with van der Waals surface area (Å²) in [5, 5.41) is 0. The van der Waals surface area contributed by atoms with Gasteiger partial charge in [0, 0.05) is 5.75 Å². The molecule has 1 rings (SSSR count). The summed E-state index contributed by atoms with van der Waals surface area (Å²) < 4.78 is 0. The van der Waals surface area contributed by atoms with Crippen LogP contribution in [0.4, 0.5) is 0 Å². The van der Waals surface area contributed by atoms with E-state index in [2.05, 4.69) is 61.2 Å². The topological polar surface area (TPSA) is 0 Å². The predicted octanol–water partition coefficient (Wildman–Crippen LogP) is 7.35.